The van der Waals surface area contributed by atoms with Crippen molar-refractivity contribution in [2.75, 3.05) is 0 Å². The van der Waals surface area contributed by atoms with Crippen molar-refractivity contribution in [2.45, 2.75) is 26.7 Å². The predicted octanol–water partition coefficient (Wildman–Crippen LogP) is 0.178. The first-order valence-corrected chi connectivity index (χ1v) is 7.00. The highest BCUT2D eigenvalue weighted by Gasteiger charge is 2.31. The van der Waals surface area contributed by atoms with Crippen LogP contribution in [0.4, 0.5) is 0 Å². The molecular weight excluding hydrogens is 282 g/mol. The Hall–Kier alpha value is -2.58. The Labute approximate surface area is 127 Å². The van der Waals surface area contributed by atoms with Crippen LogP contribution in [0, 0.1) is 20.8 Å². The summed E-state index contributed by atoms with van der Waals surface area (Å²) in [6.07, 6.45) is 0. The van der Waals surface area contributed by atoms with Crippen molar-refractivity contribution in [3.63, 3.8) is 0 Å². The van der Waals surface area contributed by atoms with E-state index in [0.717, 1.165) is 34.2 Å². The molecule has 3 aromatic rings. The molecule has 0 amide bonds. The van der Waals surface area contributed by atoms with E-state index in [1.54, 1.807) is 14.0 Å². The van der Waals surface area contributed by atoms with Crippen LogP contribution >= 0.6 is 0 Å². The lowest BCUT2D eigenvalue weighted by atomic mass is 9.93. The molecule has 0 spiro atoms. The molecule has 9 heteroatoms. The zero-order chi connectivity index (χ0) is 16.0. The molecule has 0 atom stereocenters. The van der Waals surface area contributed by atoms with E-state index in [1.165, 1.54) is 0 Å². The number of rotatable bonds is 3. The minimum absolute atomic E-state index is 0.226. The van der Waals surface area contributed by atoms with Gasteiger partial charge in [0.1, 0.15) is 17.1 Å². The highest BCUT2D eigenvalue weighted by molar-refractivity contribution is 5.38. The minimum atomic E-state index is -0.226. The zero-order valence-corrected chi connectivity index (χ0v) is 13.6. The van der Waals surface area contributed by atoms with Gasteiger partial charge in [0, 0.05) is 21.1 Å². The van der Waals surface area contributed by atoms with Crippen LogP contribution in [0.2, 0.25) is 0 Å². The molecule has 0 aliphatic rings. The van der Waals surface area contributed by atoms with Crippen LogP contribution in [0.5, 0.6) is 0 Å². The van der Waals surface area contributed by atoms with Crippen LogP contribution in [0.3, 0.4) is 0 Å². The van der Waals surface area contributed by atoms with Gasteiger partial charge in [0.05, 0.1) is 23.0 Å². The van der Waals surface area contributed by atoms with Gasteiger partial charge in [-0.3, -0.25) is 14.0 Å². The minimum Gasteiger partial charge on any atom is -0.252 e. The molecule has 116 valence electrons. The molecule has 0 saturated carbocycles. The molecule has 0 aliphatic carbocycles. The average molecular weight is 301 g/mol. The van der Waals surface area contributed by atoms with E-state index in [9.17, 15) is 0 Å². The summed E-state index contributed by atoms with van der Waals surface area (Å²) < 4.78 is 5.25. The molecule has 0 aliphatic heterocycles. The number of aromatic nitrogens is 9. The highest BCUT2D eigenvalue weighted by atomic mass is 15.4. The Morgan fingerprint density at radius 3 is 1.05 bits per heavy atom. The Balaban J connectivity index is 2.25. The molecular formula is C13H19N9. The lowest BCUT2D eigenvalue weighted by Gasteiger charge is -2.12. The molecule has 3 aromatic heterocycles. The molecule has 0 N–H and O–H groups in total. The van der Waals surface area contributed by atoms with E-state index < -0.39 is 0 Å². The second-order valence-electron chi connectivity index (χ2n) is 5.48. The SMILES string of the molecule is Cc1c(C(c2nnn(C)c2C)c2nnn(C)c2C)nnn1C. The van der Waals surface area contributed by atoms with E-state index in [2.05, 4.69) is 30.9 Å². The molecule has 0 saturated heterocycles. The van der Waals surface area contributed by atoms with Crippen molar-refractivity contribution in [3.05, 3.63) is 34.2 Å². The fourth-order valence-corrected chi connectivity index (χ4v) is 2.45. The van der Waals surface area contributed by atoms with Gasteiger partial charge in [0.15, 0.2) is 0 Å². The summed E-state index contributed by atoms with van der Waals surface area (Å²) in [5.74, 6) is -0.226. The topological polar surface area (TPSA) is 92.1 Å². The summed E-state index contributed by atoms with van der Waals surface area (Å²) in [4.78, 5) is 0. The van der Waals surface area contributed by atoms with E-state index in [1.807, 2.05) is 41.9 Å². The van der Waals surface area contributed by atoms with Crippen LogP contribution in [-0.2, 0) is 21.1 Å². The van der Waals surface area contributed by atoms with Crippen molar-refractivity contribution in [3.8, 4) is 0 Å². The lowest BCUT2D eigenvalue weighted by molar-refractivity contribution is 0.694. The Morgan fingerprint density at radius 2 is 0.864 bits per heavy atom. The first-order chi connectivity index (χ1) is 10.4. The molecule has 9 nitrogen and oxygen atoms in total. The van der Waals surface area contributed by atoms with Crippen molar-refractivity contribution < 1.29 is 0 Å². The van der Waals surface area contributed by atoms with Gasteiger partial charge < -0.3 is 0 Å². The molecule has 3 rings (SSSR count). The van der Waals surface area contributed by atoms with E-state index in [-0.39, 0.29) is 5.92 Å². The Bertz CT molecular complexity index is 713. The van der Waals surface area contributed by atoms with Gasteiger partial charge in [-0.1, -0.05) is 15.6 Å². The van der Waals surface area contributed by atoms with Gasteiger partial charge in [0.25, 0.3) is 0 Å². The molecule has 0 aromatic carbocycles. The van der Waals surface area contributed by atoms with Crippen LogP contribution in [0.15, 0.2) is 0 Å². The maximum absolute atomic E-state index is 4.33. The molecule has 0 fully saturated rings. The van der Waals surface area contributed by atoms with E-state index >= 15 is 0 Å². The summed E-state index contributed by atoms with van der Waals surface area (Å²) in [7, 11) is 5.61. The zero-order valence-electron chi connectivity index (χ0n) is 13.6. The highest BCUT2D eigenvalue weighted by Crippen LogP contribution is 2.32. The van der Waals surface area contributed by atoms with Crippen molar-refractivity contribution in [1.29, 1.82) is 0 Å². The predicted molar refractivity (Wildman–Crippen MR) is 78.2 cm³/mol. The third kappa shape index (κ3) is 2.00. The molecule has 22 heavy (non-hydrogen) atoms. The molecule has 0 bridgehead atoms. The summed E-state index contributed by atoms with van der Waals surface area (Å²) in [6.45, 7) is 5.96. The Kier molecular flexibility index (Phi) is 3.27. The third-order valence-corrected chi connectivity index (χ3v) is 4.25. The maximum Gasteiger partial charge on any atom is 0.101 e. The van der Waals surface area contributed by atoms with E-state index in [0.29, 0.717) is 0 Å². The maximum atomic E-state index is 4.33. The standard InChI is InChI=1S/C13H19N9/c1-7-11(14-17-20(7)4)10(12-8(2)21(5)18-15-12)13-9(3)22(6)19-16-13/h10H,1-6H3. The van der Waals surface area contributed by atoms with Gasteiger partial charge in [-0.15, -0.1) is 15.3 Å². The number of aryl methyl sites for hydroxylation is 3. The monoisotopic (exact) mass is 301 g/mol. The summed E-state index contributed by atoms with van der Waals surface area (Å²) in [6, 6.07) is 0. The van der Waals surface area contributed by atoms with Gasteiger partial charge in [0.2, 0.25) is 0 Å². The first kappa shape index (κ1) is 14.4. The van der Waals surface area contributed by atoms with E-state index in [4.69, 9.17) is 0 Å². The quantitative estimate of drug-likeness (QED) is 0.685. The number of nitrogens with zero attached hydrogens (tertiary/aromatic N) is 9. The summed E-state index contributed by atoms with van der Waals surface area (Å²) >= 11 is 0. The van der Waals surface area contributed by atoms with Crippen molar-refractivity contribution in [1.82, 2.24) is 45.0 Å². The van der Waals surface area contributed by atoms with Crippen molar-refractivity contribution >= 4 is 0 Å². The third-order valence-electron chi connectivity index (χ3n) is 4.25. The average Bonchev–Trinajstić information content (AvgIpc) is 3.10. The van der Waals surface area contributed by atoms with Crippen LogP contribution in [0.25, 0.3) is 0 Å². The first-order valence-electron chi connectivity index (χ1n) is 7.00. The van der Waals surface area contributed by atoms with Gasteiger partial charge in [-0.25, -0.2) is 0 Å². The molecule has 3 heterocycles. The lowest BCUT2D eigenvalue weighted by Crippen LogP contribution is -2.11. The number of hydrogen-bond donors (Lipinski definition) is 0. The number of hydrogen-bond acceptors (Lipinski definition) is 6. The van der Waals surface area contributed by atoms with Crippen LogP contribution in [-0.4, -0.2) is 45.0 Å². The van der Waals surface area contributed by atoms with Crippen LogP contribution in [0.1, 0.15) is 40.1 Å². The normalized spacial score (nSPS) is 11.6. The second-order valence-corrected chi connectivity index (χ2v) is 5.48. The second kappa shape index (κ2) is 5.00. The van der Waals surface area contributed by atoms with Crippen molar-refractivity contribution in [2.24, 2.45) is 21.1 Å². The molecule has 0 unspecified atom stereocenters. The van der Waals surface area contributed by atoms with Gasteiger partial charge in [-0.05, 0) is 20.8 Å². The summed E-state index contributed by atoms with van der Waals surface area (Å²) in [5, 5.41) is 25.3. The Morgan fingerprint density at radius 1 is 0.591 bits per heavy atom. The molecule has 0 radical (unpaired) electrons. The van der Waals surface area contributed by atoms with Gasteiger partial charge in [-0.2, -0.15) is 0 Å². The smallest absolute Gasteiger partial charge is 0.101 e. The largest absolute Gasteiger partial charge is 0.252 e. The fraction of sp³-hybridized carbons (Fsp3) is 0.538. The fourth-order valence-electron chi connectivity index (χ4n) is 2.45. The van der Waals surface area contributed by atoms with Crippen LogP contribution < -0.4 is 0 Å². The van der Waals surface area contributed by atoms with Gasteiger partial charge >= 0.3 is 0 Å². The summed E-state index contributed by atoms with van der Waals surface area (Å²) in [5.41, 5.74) is 5.40.